The van der Waals surface area contributed by atoms with E-state index in [0.717, 1.165) is 0 Å². The molecule has 0 saturated carbocycles. The molecule has 0 spiro atoms. The summed E-state index contributed by atoms with van der Waals surface area (Å²) in [5.74, 6) is 0. The molecular formula is C129H276N6. The Morgan fingerprint density at radius 1 is 0.0815 bits per heavy atom. The zero-order valence-electron chi connectivity index (χ0n) is 101. The van der Waals surface area contributed by atoms with Gasteiger partial charge in [-0.05, 0) is 244 Å². The summed E-state index contributed by atoms with van der Waals surface area (Å²) in [7, 11) is 0. The molecule has 0 unspecified atom stereocenters. The molecule has 822 valence electrons. The zero-order valence-corrected chi connectivity index (χ0v) is 101. The Morgan fingerprint density at radius 2 is 0.133 bits per heavy atom. The lowest BCUT2D eigenvalue weighted by molar-refractivity contribution is 0.171. The van der Waals surface area contributed by atoms with Gasteiger partial charge in [-0.3, -0.25) is 29.4 Å². The van der Waals surface area contributed by atoms with Gasteiger partial charge in [0.15, 0.2) is 0 Å². The highest BCUT2D eigenvalue weighted by atomic mass is 15.2. The molecular weight excluding hydrogens is 1630 g/mol. The highest BCUT2D eigenvalue weighted by Gasteiger charge is 2.18. The molecule has 0 fully saturated rings. The van der Waals surface area contributed by atoms with Crippen LogP contribution in [0.2, 0.25) is 0 Å². The van der Waals surface area contributed by atoms with Crippen LogP contribution < -0.4 is 0 Å². The molecule has 6 nitrogen and oxygen atoms in total. The first kappa shape index (κ1) is 145. The molecule has 0 rings (SSSR count). The van der Waals surface area contributed by atoms with Gasteiger partial charge in [-0.15, -0.1) is 0 Å². The predicted molar refractivity (Wildman–Crippen MR) is 630 cm³/mol. The third kappa shape index (κ3) is 117. The first-order valence-electron chi connectivity index (χ1n) is 63.6. The lowest BCUT2D eigenvalue weighted by Crippen LogP contribution is -2.37. The summed E-state index contributed by atoms with van der Waals surface area (Å²) in [6, 6.07) is 8.30. The Kier molecular flexibility index (Phi) is 128. The molecule has 0 heterocycles. The van der Waals surface area contributed by atoms with Crippen LogP contribution in [-0.2, 0) is 0 Å². The number of rotatable bonds is 99. The molecule has 0 atom stereocenters. The van der Waals surface area contributed by atoms with Crippen molar-refractivity contribution in [1.29, 1.82) is 0 Å². The van der Waals surface area contributed by atoms with Gasteiger partial charge >= 0.3 is 0 Å². The Labute approximate surface area is 863 Å². The first-order chi connectivity index (χ1) is 65.0. The molecule has 0 aliphatic rings. The second-order valence-electron chi connectivity index (χ2n) is 47.1. The van der Waals surface area contributed by atoms with Gasteiger partial charge in [0.05, 0.1) is 0 Å². The molecule has 0 bridgehead atoms. The highest BCUT2D eigenvalue weighted by Crippen LogP contribution is 2.23. The fourth-order valence-electron chi connectivity index (χ4n) is 21.1. The van der Waals surface area contributed by atoms with E-state index in [-0.39, 0.29) is 0 Å². The predicted octanol–water partition coefficient (Wildman–Crippen LogP) is 44.3. The van der Waals surface area contributed by atoms with Crippen molar-refractivity contribution in [2.45, 2.75) is 800 Å². The number of hydrogen-bond donors (Lipinski definition) is 0. The standard InChI is InChI=1S/C24H51N.C23H49N.C22H47N.C21H45N.C20H43N.C19H41N/c1-6-7-8-9-10-11-12-13-14-15-16-17-18-19-20-21-22-25(23(2)3)24(4)5;1-6-7-8-9-10-11-12-13-14-15-16-17-18-19-20-21-24(22(2)3)23(4)5;1-6-7-8-9-10-11-12-13-14-15-16-17-18-19-20-23(21(2)3)22(4)5;1-6-7-8-9-10-11-12-13-14-15-16-17-18-19-22(20(2)3)21(4)5;1-6-7-8-9-10-11-12-13-14-15-16-17-18-21(19(2)3)20(4)5;1-6-7-8-9-10-11-12-13-14-15-16-17-20(18(2)3)19(4)5/h23-24H,6-22H2,1-5H3;22-23H,6-21H2,1-5H3;21-22H,6-20H2,1-5H3;20-21H,6-19H2,1-5H3;19-20H,6-18H2,1-5H3;18-19H,6-17H2,1-5H3. The Morgan fingerprint density at radius 3 is 0.185 bits per heavy atom. The molecule has 0 aromatic carbocycles. The summed E-state index contributed by atoms with van der Waals surface area (Å²) in [5, 5.41) is 0. The average Bonchev–Trinajstić information content (AvgIpc) is 0.967. The maximum atomic E-state index is 2.63. The summed E-state index contributed by atoms with van der Waals surface area (Å²) in [5.41, 5.74) is 0. The van der Waals surface area contributed by atoms with Gasteiger partial charge in [-0.2, -0.15) is 0 Å². The van der Waals surface area contributed by atoms with Gasteiger partial charge in [-0.25, -0.2) is 0 Å². The van der Waals surface area contributed by atoms with Crippen molar-refractivity contribution in [1.82, 2.24) is 29.4 Å². The SMILES string of the molecule is CCCCCCCCCCCCCCCCCCN(C(C)C)C(C)C.CCCCCCCCCCCCCCCCCN(C(C)C)C(C)C.CCCCCCCCCCCCCCCCN(C(C)C)C(C)C.CCCCCCCCCCCCCCCN(C(C)C)C(C)C.CCCCCCCCCCCCCCN(C(C)C)C(C)C.CCCCCCCCCCCCCN(C(C)C)C(C)C. The fourth-order valence-corrected chi connectivity index (χ4v) is 21.1. The second kappa shape index (κ2) is 119. The molecule has 6 heteroatoms. The van der Waals surface area contributed by atoms with E-state index in [0.29, 0.717) is 72.5 Å². The smallest absolute Gasteiger partial charge is 0.00412 e. The van der Waals surface area contributed by atoms with Crippen LogP contribution in [0.25, 0.3) is 0 Å². The van der Waals surface area contributed by atoms with Crippen molar-refractivity contribution < 1.29 is 0 Å². The highest BCUT2D eigenvalue weighted by molar-refractivity contribution is 4.74. The molecule has 0 amide bonds. The first-order valence-corrected chi connectivity index (χ1v) is 63.6. The molecule has 0 aliphatic heterocycles. The molecule has 0 N–H and O–H groups in total. The van der Waals surface area contributed by atoms with Crippen LogP contribution >= 0.6 is 0 Å². The lowest BCUT2D eigenvalue weighted by Gasteiger charge is -2.30. The quantitative estimate of drug-likeness (QED) is 0.0561. The monoisotopic (exact) mass is 1910 g/mol. The number of hydrogen-bond acceptors (Lipinski definition) is 6. The minimum absolute atomic E-state index is 0.691. The van der Waals surface area contributed by atoms with E-state index in [1.807, 2.05) is 0 Å². The summed E-state index contributed by atoms with van der Waals surface area (Å²) < 4.78 is 0. The van der Waals surface area contributed by atoms with E-state index in [9.17, 15) is 0 Å². The summed E-state index contributed by atoms with van der Waals surface area (Å²) in [6.45, 7) is 77.2. The number of unbranched alkanes of at least 4 members (excludes halogenated alkanes) is 75. The van der Waals surface area contributed by atoms with E-state index in [1.165, 1.54) is 559 Å². The van der Waals surface area contributed by atoms with Gasteiger partial charge < -0.3 is 0 Å². The summed E-state index contributed by atoms with van der Waals surface area (Å²) >= 11 is 0. The van der Waals surface area contributed by atoms with Crippen molar-refractivity contribution in [2.75, 3.05) is 39.3 Å². The maximum Gasteiger partial charge on any atom is 0.00412 e. The van der Waals surface area contributed by atoms with E-state index in [1.54, 1.807) is 0 Å². The molecule has 135 heavy (non-hydrogen) atoms. The van der Waals surface area contributed by atoms with Gasteiger partial charge in [-0.1, -0.05) is 523 Å². The average molecular weight is 1910 g/mol. The Bertz CT molecular complexity index is 1980. The van der Waals surface area contributed by atoms with Gasteiger partial charge in [0.25, 0.3) is 0 Å². The minimum Gasteiger partial charge on any atom is -0.299 e. The van der Waals surface area contributed by atoms with Crippen LogP contribution in [0.15, 0.2) is 0 Å². The lowest BCUT2D eigenvalue weighted by atomic mass is 10.0. The van der Waals surface area contributed by atoms with Crippen LogP contribution in [0.1, 0.15) is 728 Å². The summed E-state index contributed by atoms with van der Waals surface area (Å²) in [4.78, 5) is 15.7. The van der Waals surface area contributed by atoms with E-state index in [4.69, 9.17) is 0 Å². The van der Waals surface area contributed by atoms with Crippen LogP contribution in [-0.4, -0.2) is 141 Å². The van der Waals surface area contributed by atoms with Crippen LogP contribution in [0, 0.1) is 0 Å². The molecule has 0 radical (unpaired) electrons. The zero-order chi connectivity index (χ0) is 102. The van der Waals surface area contributed by atoms with Crippen molar-refractivity contribution >= 4 is 0 Å². The Hall–Kier alpha value is -0.240. The van der Waals surface area contributed by atoms with Gasteiger partial charge in [0.2, 0.25) is 0 Å². The number of nitrogens with zero attached hydrogens (tertiary/aromatic N) is 6. The molecule has 0 aromatic rings. The van der Waals surface area contributed by atoms with Gasteiger partial charge in [0, 0.05) is 72.5 Å². The summed E-state index contributed by atoms with van der Waals surface area (Å²) in [6.07, 6.45) is 117. The normalized spacial score (nSPS) is 12.0. The topological polar surface area (TPSA) is 19.4 Å². The van der Waals surface area contributed by atoms with E-state index >= 15 is 0 Å². The van der Waals surface area contributed by atoms with E-state index in [2.05, 4.69) is 237 Å². The molecule has 0 saturated heterocycles. The van der Waals surface area contributed by atoms with E-state index < -0.39 is 0 Å². The van der Waals surface area contributed by atoms with Crippen molar-refractivity contribution in [3.63, 3.8) is 0 Å². The Balaban J connectivity index is -0.000000370. The third-order valence-electron chi connectivity index (χ3n) is 29.8. The van der Waals surface area contributed by atoms with Crippen molar-refractivity contribution in [2.24, 2.45) is 0 Å². The maximum absolute atomic E-state index is 2.63. The fraction of sp³-hybridized carbons (Fsp3) is 1.00. The second-order valence-corrected chi connectivity index (χ2v) is 47.1. The van der Waals surface area contributed by atoms with Crippen molar-refractivity contribution in [3.8, 4) is 0 Å². The largest absolute Gasteiger partial charge is 0.299 e. The molecule has 0 aliphatic carbocycles. The van der Waals surface area contributed by atoms with Gasteiger partial charge in [0.1, 0.15) is 0 Å². The van der Waals surface area contributed by atoms with Crippen LogP contribution in [0.5, 0.6) is 0 Å². The minimum atomic E-state index is 0.691. The van der Waals surface area contributed by atoms with Crippen molar-refractivity contribution in [3.05, 3.63) is 0 Å². The molecule has 0 aromatic heterocycles. The van der Waals surface area contributed by atoms with Crippen LogP contribution in [0.3, 0.4) is 0 Å². The van der Waals surface area contributed by atoms with Crippen LogP contribution in [0.4, 0.5) is 0 Å². The third-order valence-corrected chi connectivity index (χ3v) is 29.8.